The topological polar surface area (TPSA) is 91.3 Å². The maximum absolute atomic E-state index is 13.8. The highest BCUT2D eigenvalue weighted by Crippen LogP contribution is 2.63. The maximum Gasteiger partial charge on any atom is 0.392 e. The number of rotatable bonds is 7. The van der Waals surface area contributed by atoms with E-state index in [1.165, 1.54) is 0 Å². The number of halogens is 6. The van der Waals surface area contributed by atoms with Crippen molar-refractivity contribution < 1.29 is 58.3 Å². The van der Waals surface area contributed by atoms with Crippen molar-refractivity contribution >= 4 is 10.1 Å². The molecular weight excluding hydrogens is 474 g/mol. The summed E-state index contributed by atoms with van der Waals surface area (Å²) in [6, 6.07) is 0. The lowest BCUT2D eigenvalue weighted by molar-refractivity contribution is -0.358. The molecule has 7 nitrogen and oxygen atoms in total. The van der Waals surface area contributed by atoms with Crippen LogP contribution in [0.4, 0.5) is 26.3 Å². The SMILES string of the molecule is O=S(=O)(O)C(F)(F)COCCOC12CC3CC(C1)C1(OCC(F)(F)C(F)(F)CO1)C(C3)C2. The van der Waals surface area contributed by atoms with E-state index in [1.807, 2.05) is 0 Å². The molecule has 4 aliphatic carbocycles. The Hall–Kier alpha value is -0.670. The quantitative estimate of drug-likeness (QED) is 0.328. The highest BCUT2D eigenvalue weighted by Gasteiger charge is 2.69. The van der Waals surface area contributed by atoms with Crippen molar-refractivity contribution in [3.8, 4) is 0 Å². The van der Waals surface area contributed by atoms with Crippen molar-refractivity contribution in [1.29, 1.82) is 0 Å². The van der Waals surface area contributed by atoms with Gasteiger partial charge in [-0.2, -0.15) is 34.8 Å². The standard InChI is InChI=1S/C18H24F6O7S/c19-15(20)8-30-18(31-9-16(15,21)22)12-3-11-4-13(18)7-14(5-11,6-12)29-2-1-28-10-17(23,24)32(25,26)27/h11-13H,1-10H2,(H,25,26,27). The molecule has 0 radical (unpaired) electrons. The fraction of sp³-hybridized carbons (Fsp3) is 1.00. The molecule has 4 saturated carbocycles. The minimum Gasteiger partial charge on any atom is -0.373 e. The Morgan fingerprint density at radius 1 is 0.938 bits per heavy atom. The second kappa shape index (κ2) is 7.67. The molecule has 0 aromatic carbocycles. The van der Waals surface area contributed by atoms with Gasteiger partial charge in [0.1, 0.15) is 19.8 Å². The average molecular weight is 498 g/mol. The zero-order valence-corrected chi connectivity index (χ0v) is 17.7. The van der Waals surface area contributed by atoms with E-state index in [9.17, 15) is 34.8 Å². The Labute approximate surface area is 180 Å². The van der Waals surface area contributed by atoms with Crippen LogP contribution in [0.25, 0.3) is 0 Å². The Bertz CT molecular complexity index is 800. The average Bonchev–Trinajstić information content (AvgIpc) is 2.74. The third-order valence-corrected chi connectivity index (χ3v) is 7.92. The van der Waals surface area contributed by atoms with Gasteiger partial charge in [0.25, 0.3) is 0 Å². The third kappa shape index (κ3) is 4.04. The van der Waals surface area contributed by atoms with Gasteiger partial charge in [0.15, 0.2) is 5.79 Å². The van der Waals surface area contributed by atoms with Crippen LogP contribution in [0.3, 0.4) is 0 Å². The summed E-state index contributed by atoms with van der Waals surface area (Å²) in [4.78, 5) is 0. The summed E-state index contributed by atoms with van der Waals surface area (Å²) < 4.78 is 133. The summed E-state index contributed by atoms with van der Waals surface area (Å²) >= 11 is 0. The molecule has 14 heteroatoms. The van der Waals surface area contributed by atoms with Gasteiger partial charge in [-0.15, -0.1) is 0 Å². The lowest BCUT2D eigenvalue weighted by Crippen LogP contribution is -2.66. The van der Waals surface area contributed by atoms with Crippen LogP contribution >= 0.6 is 0 Å². The molecule has 5 fully saturated rings. The van der Waals surface area contributed by atoms with Crippen LogP contribution in [0.1, 0.15) is 32.1 Å². The Morgan fingerprint density at radius 2 is 1.47 bits per heavy atom. The summed E-state index contributed by atoms with van der Waals surface area (Å²) in [5.41, 5.74) is -0.721. The monoisotopic (exact) mass is 498 g/mol. The molecule has 32 heavy (non-hydrogen) atoms. The maximum atomic E-state index is 13.8. The molecule has 4 bridgehead atoms. The second-order valence-electron chi connectivity index (χ2n) is 9.25. The van der Waals surface area contributed by atoms with Gasteiger partial charge in [-0.25, -0.2) is 0 Å². The van der Waals surface area contributed by atoms with E-state index < -0.39 is 70.3 Å². The highest BCUT2D eigenvalue weighted by molar-refractivity contribution is 7.86. The molecule has 2 atom stereocenters. The van der Waals surface area contributed by atoms with E-state index in [0.29, 0.717) is 32.1 Å². The molecule has 0 amide bonds. The van der Waals surface area contributed by atoms with Crippen molar-refractivity contribution in [3.63, 3.8) is 0 Å². The van der Waals surface area contributed by atoms with Gasteiger partial charge in [0.2, 0.25) is 0 Å². The van der Waals surface area contributed by atoms with Crippen LogP contribution < -0.4 is 0 Å². The van der Waals surface area contributed by atoms with Crippen LogP contribution in [0, 0.1) is 17.8 Å². The first kappa shape index (κ1) is 24.5. The smallest absolute Gasteiger partial charge is 0.373 e. The Kier molecular flexibility index (Phi) is 5.86. The van der Waals surface area contributed by atoms with E-state index in [0.717, 1.165) is 0 Å². The molecule has 1 heterocycles. The Morgan fingerprint density at radius 3 is 1.97 bits per heavy atom. The minimum atomic E-state index is -5.60. The highest BCUT2D eigenvalue weighted by atomic mass is 32.2. The van der Waals surface area contributed by atoms with Crippen LogP contribution in [0.15, 0.2) is 0 Å². The minimum absolute atomic E-state index is 0.152. The molecule has 1 aliphatic heterocycles. The lowest BCUT2D eigenvalue weighted by Gasteiger charge is -2.63. The zero-order chi connectivity index (χ0) is 23.6. The van der Waals surface area contributed by atoms with Crippen LogP contribution in [-0.2, 0) is 29.1 Å². The van der Waals surface area contributed by atoms with Crippen molar-refractivity contribution in [1.82, 2.24) is 0 Å². The third-order valence-electron chi connectivity index (χ3n) is 7.05. The van der Waals surface area contributed by atoms with Crippen molar-refractivity contribution in [2.75, 3.05) is 33.0 Å². The van der Waals surface area contributed by atoms with Gasteiger partial charge in [-0.1, -0.05) is 0 Å². The van der Waals surface area contributed by atoms with Gasteiger partial charge in [0, 0.05) is 11.8 Å². The zero-order valence-electron chi connectivity index (χ0n) is 16.9. The molecule has 1 saturated heterocycles. The predicted molar refractivity (Wildman–Crippen MR) is 94.1 cm³/mol. The van der Waals surface area contributed by atoms with E-state index >= 15 is 0 Å². The molecular formula is C18H24F6O7S. The van der Waals surface area contributed by atoms with Crippen molar-refractivity contribution in [3.05, 3.63) is 0 Å². The van der Waals surface area contributed by atoms with E-state index in [2.05, 4.69) is 4.74 Å². The van der Waals surface area contributed by atoms with Gasteiger partial charge in [0.05, 0.1) is 18.8 Å². The number of ether oxygens (including phenoxy) is 4. The molecule has 186 valence electrons. The summed E-state index contributed by atoms with van der Waals surface area (Å²) in [5.74, 6) is -11.0. The van der Waals surface area contributed by atoms with Crippen LogP contribution in [-0.4, -0.2) is 74.5 Å². The van der Waals surface area contributed by atoms with Crippen molar-refractivity contribution in [2.24, 2.45) is 17.8 Å². The molecule has 1 spiro atoms. The summed E-state index contributed by atoms with van der Waals surface area (Å²) in [6.07, 6.45) is 2.34. The summed E-state index contributed by atoms with van der Waals surface area (Å²) in [7, 11) is -5.60. The lowest BCUT2D eigenvalue weighted by atomic mass is 9.51. The molecule has 5 aliphatic rings. The molecule has 1 N–H and O–H groups in total. The van der Waals surface area contributed by atoms with Gasteiger partial charge >= 0.3 is 27.2 Å². The first-order valence-electron chi connectivity index (χ1n) is 10.2. The summed E-state index contributed by atoms with van der Waals surface area (Å²) in [6.45, 7) is -4.95. The second-order valence-corrected chi connectivity index (χ2v) is 10.8. The van der Waals surface area contributed by atoms with Crippen LogP contribution in [0.2, 0.25) is 0 Å². The number of hydrogen-bond donors (Lipinski definition) is 1. The predicted octanol–water partition coefficient (Wildman–Crippen LogP) is 3.09. The first-order chi connectivity index (χ1) is 14.6. The van der Waals surface area contributed by atoms with Gasteiger partial charge < -0.3 is 18.9 Å². The largest absolute Gasteiger partial charge is 0.392 e. The van der Waals surface area contributed by atoms with E-state index in [1.54, 1.807) is 0 Å². The van der Waals surface area contributed by atoms with Gasteiger partial charge in [-0.3, -0.25) is 4.55 Å². The van der Waals surface area contributed by atoms with Gasteiger partial charge in [-0.05, 0) is 38.0 Å². The molecule has 5 rings (SSSR count). The molecule has 0 aromatic heterocycles. The normalized spacial score (nSPS) is 37.5. The Balaban J connectivity index is 1.37. The fourth-order valence-electron chi connectivity index (χ4n) is 5.75. The summed E-state index contributed by atoms with van der Waals surface area (Å²) in [5, 5.41) is -4.45. The number of alkyl halides is 6. The molecule has 0 aromatic rings. The van der Waals surface area contributed by atoms with Crippen LogP contribution in [0.5, 0.6) is 0 Å². The van der Waals surface area contributed by atoms with E-state index in [-0.39, 0.29) is 19.1 Å². The number of hydrogen-bond acceptors (Lipinski definition) is 6. The first-order valence-corrected chi connectivity index (χ1v) is 11.7. The molecule has 2 unspecified atom stereocenters. The van der Waals surface area contributed by atoms with E-state index in [4.69, 9.17) is 18.8 Å². The van der Waals surface area contributed by atoms with Crippen molar-refractivity contribution in [2.45, 2.75) is 60.6 Å². The fourth-order valence-corrected chi connectivity index (χ4v) is 5.98.